The molecule has 0 spiro atoms. The van der Waals surface area contributed by atoms with Gasteiger partial charge in [0.1, 0.15) is 6.54 Å². The summed E-state index contributed by atoms with van der Waals surface area (Å²) in [7, 11) is 1.23. The summed E-state index contributed by atoms with van der Waals surface area (Å²) in [5.74, 6) is -2.55. The highest BCUT2D eigenvalue weighted by molar-refractivity contribution is 5.89. The molecule has 1 rings (SSSR count). The monoisotopic (exact) mass is 383 g/mol. The van der Waals surface area contributed by atoms with Gasteiger partial charge in [-0.25, -0.2) is 4.79 Å². The molecule has 0 atom stereocenters. The lowest BCUT2D eigenvalue weighted by Gasteiger charge is -2.12. The number of nitrogens with one attached hydrogen (secondary N) is 1. The van der Waals surface area contributed by atoms with Gasteiger partial charge in [0.25, 0.3) is 5.91 Å². The molecule has 1 aromatic rings. The number of carbonyl (C=O) groups is 2. The number of alkyl halides is 5. The van der Waals surface area contributed by atoms with Crippen LogP contribution >= 0.6 is 0 Å². The third-order valence-electron chi connectivity index (χ3n) is 2.67. The van der Waals surface area contributed by atoms with Crippen molar-refractivity contribution in [3.05, 3.63) is 29.8 Å². The SMILES string of the molecule is COc1cccc(/C=C/C(=O)OCC(=O)NCC(F)(F)F)c1OC(F)F. The van der Waals surface area contributed by atoms with Crippen molar-refractivity contribution in [2.45, 2.75) is 12.8 Å². The third kappa shape index (κ3) is 7.81. The molecular weight excluding hydrogens is 369 g/mol. The van der Waals surface area contributed by atoms with Gasteiger partial charge in [-0.3, -0.25) is 4.79 Å². The number of ether oxygens (including phenoxy) is 3. The summed E-state index contributed by atoms with van der Waals surface area (Å²) >= 11 is 0. The maximum atomic E-state index is 12.5. The van der Waals surface area contributed by atoms with Gasteiger partial charge in [-0.1, -0.05) is 12.1 Å². The molecule has 1 N–H and O–H groups in total. The molecule has 0 radical (unpaired) electrons. The number of benzene rings is 1. The maximum absolute atomic E-state index is 12.5. The molecule has 1 aromatic carbocycles. The van der Waals surface area contributed by atoms with Crippen molar-refractivity contribution >= 4 is 18.0 Å². The Morgan fingerprint density at radius 2 is 1.96 bits per heavy atom. The zero-order chi connectivity index (χ0) is 19.7. The van der Waals surface area contributed by atoms with Crippen LogP contribution in [0.5, 0.6) is 11.5 Å². The average Bonchev–Trinajstić information content (AvgIpc) is 2.56. The topological polar surface area (TPSA) is 73.9 Å². The highest BCUT2D eigenvalue weighted by atomic mass is 19.4. The van der Waals surface area contributed by atoms with E-state index >= 15 is 0 Å². The Kier molecular flexibility index (Phi) is 7.81. The summed E-state index contributed by atoms with van der Waals surface area (Å²) in [5, 5.41) is 1.51. The van der Waals surface area contributed by atoms with Crippen LogP contribution in [0.2, 0.25) is 0 Å². The van der Waals surface area contributed by atoms with Gasteiger partial charge in [-0.2, -0.15) is 22.0 Å². The summed E-state index contributed by atoms with van der Waals surface area (Å²) in [6.07, 6.45) is -2.73. The van der Waals surface area contributed by atoms with Gasteiger partial charge in [0, 0.05) is 11.6 Å². The first-order valence-electron chi connectivity index (χ1n) is 6.92. The normalized spacial score (nSPS) is 11.5. The number of para-hydroxylation sites is 1. The van der Waals surface area contributed by atoms with Gasteiger partial charge in [-0.15, -0.1) is 0 Å². The van der Waals surface area contributed by atoms with Gasteiger partial charge in [-0.05, 0) is 12.1 Å². The van der Waals surface area contributed by atoms with E-state index < -0.39 is 37.8 Å². The molecule has 11 heteroatoms. The lowest BCUT2D eigenvalue weighted by molar-refractivity contribution is -0.148. The van der Waals surface area contributed by atoms with E-state index in [9.17, 15) is 31.5 Å². The van der Waals surface area contributed by atoms with Crippen LogP contribution in [0.1, 0.15) is 5.56 Å². The Morgan fingerprint density at radius 3 is 2.54 bits per heavy atom. The summed E-state index contributed by atoms with van der Waals surface area (Å²) in [6, 6.07) is 4.16. The number of rotatable bonds is 8. The maximum Gasteiger partial charge on any atom is 0.405 e. The van der Waals surface area contributed by atoms with Crippen molar-refractivity contribution in [1.29, 1.82) is 0 Å². The molecular formula is C15H14F5NO5. The first-order valence-corrected chi connectivity index (χ1v) is 6.92. The molecule has 0 aromatic heterocycles. The zero-order valence-corrected chi connectivity index (χ0v) is 13.3. The van der Waals surface area contributed by atoms with E-state index in [4.69, 9.17) is 4.74 Å². The van der Waals surface area contributed by atoms with Crippen LogP contribution in [0.4, 0.5) is 22.0 Å². The van der Waals surface area contributed by atoms with E-state index in [1.54, 1.807) is 0 Å². The summed E-state index contributed by atoms with van der Waals surface area (Å²) in [6.45, 7) is -5.63. The van der Waals surface area contributed by atoms with Crippen molar-refractivity contribution in [3.63, 3.8) is 0 Å². The molecule has 0 aliphatic heterocycles. The van der Waals surface area contributed by atoms with Crippen molar-refractivity contribution in [2.75, 3.05) is 20.3 Å². The van der Waals surface area contributed by atoms with Crippen molar-refractivity contribution < 1.29 is 45.8 Å². The van der Waals surface area contributed by atoms with Crippen LogP contribution in [0.3, 0.4) is 0 Å². The predicted octanol–water partition coefficient (Wildman–Crippen LogP) is 2.53. The summed E-state index contributed by atoms with van der Waals surface area (Å²) in [5.41, 5.74) is 0.0584. The molecule has 6 nitrogen and oxygen atoms in total. The minimum atomic E-state index is -4.59. The van der Waals surface area contributed by atoms with Crippen LogP contribution in [0.25, 0.3) is 6.08 Å². The highest BCUT2D eigenvalue weighted by Crippen LogP contribution is 2.33. The van der Waals surface area contributed by atoms with Crippen LogP contribution in [0.15, 0.2) is 24.3 Å². The molecule has 144 valence electrons. The van der Waals surface area contributed by atoms with Gasteiger partial charge in [0.2, 0.25) is 0 Å². The smallest absolute Gasteiger partial charge is 0.405 e. The second-order valence-corrected chi connectivity index (χ2v) is 4.59. The molecule has 0 saturated carbocycles. The molecule has 0 heterocycles. The number of carbonyl (C=O) groups excluding carboxylic acids is 2. The van der Waals surface area contributed by atoms with E-state index in [0.717, 1.165) is 12.2 Å². The van der Waals surface area contributed by atoms with Gasteiger partial charge < -0.3 is 19.5 Å². The predicted molar refractivity (Wildman–Crippen MR) is 78.7 cm³/mol. The zero-order valence-electron chi connectivity index (χ0n) is 13.3. The lowest BCUT2D eigenvalue weighted by Crippen LogP contribution is -2.36. The van der Waals surface area contributed by atoms with Gasteiger partial charge in [0.15, 0.2) is 18.1 Å². The third-order valence-corrected chi connectivity index (χ3v) is 2.67. The Labute approximate surface area is 144 Å². The molecule has 0 saturated heterocycles. The second-order valence-electron chi connectivity index (χ2n) is 4.59. The minimum Gasteiger partial charge on any atom is -0.493 e. The molecule has 0 bridgehead atoms. The molecule has 1 amide bonds. The van der Waals surface area contributed by atoms with Crippen molar-refractivity contribution in [3.8, 4) is 11.5 Å². The van der Waals surface area contributed by atoms with Crippen LogP contribution in [-0.4, -0.2) is 44.9 Å². The van der Waals surface area contributed by atoms with Gasteiger partial charge >= 0.3 is 18.8 Å². The Balaban J connectivity index is 2.67. The lowest BCUT2D eigenvalue weighted by atomic mass is 10.1. The standard InChI is InChI=1S/C15H14F5NO5/c1-24-10-4-2-3-9(13(10)26-14(16)17)5-6-12(23)25-7-11(22)21-8-15(18,19)20/h2-6,14H,7-8H2,1H3,(H,21,22)/b6-5+. The minimum absolute atomic E-state index is 0.00709. The summed E-state index contributed by atoms with van der Waals surface area (Å²) in [4.78, 5) is 22.6. The molecule has 26 heavy (non-hydrogen) atoms. The highest BCUT2D eigenvalue weighted by Gasteiger charge is 2.27. The van der Waals surface area contributed by atoms with Crippen LogP contribution < -0.4 is 14.8 Å². The first kappa shape index (κ1) is 21.2. The van der Waals surface area contributed by atoms with E-state index in [-0.39, 0.29) is 17.1 Å². The fraction of sp³-hybridized carbons (Fsp3) is 0.333. The fourth-order valence-corrected chi connectivity index (χ4v) is 1.63. The second kappa shape index (κ2) is 9.59. The van der Waals surface area contributed by atoms with Gasteiger partial charge in [0.05, 0.1) is 7.11 Å². The molecule has 0 unspecified atom stereocenters. The number of halogens is 5. The van der Waals surface area contributed by atoms with E-state index in [1.165, 1.54) is 30.6 Å². The number of esters is 1. The first-order chi connectivity index (χ1) is 12.1. The van der Waals surface area contributed by atoms with E-state index in [0.29, 0.717) is 0 Å². The quantitative estimate of drug-likeness (QED) is 0.424. The number of methoxy groups -OCH3 is 1. The number of hydrogen-bond donors (Lipinski definition) is 1. The summed E-state index contributed by atoms with van der Waals surface area (Å²) < 4.78 is 74.3. The number of amides is 1. The molecule has 0 aliphatic carbocycles. The van der Waals surface area contributed by atoms with Crippen molar-refractivity contribution in [2.24, 2.45) is 0 Å². The Hall–Kier alpha value is -2.85. The van der Waals surface area contributed by atoms with Crippen LogP contribution in [0, 0.1) is 0 Å². The number of hydrogen-bond acceptors (Lipinski definition) is 5. The largest absolute Gasteiger partial charge is 0.493 e. The van der Waals surface area contributed by atoms with Crippen LogP contribution in [-0.2, 0) is 14.3 Å². The molecule has 0 fully saturated rings. The Morgan fingerprint density at radius 1 is 1.27 bits per heavy atom. The van der Waals surface area contributed by atoms with Crippen molar-refractivity contribution in [1.82, 2.24) is 5.32 Å². The van der Waals surface area contributed by atoms with E-state index in [1.807, 2.05) is 0 Å². The molecule has 0 aliphatic rings. The fourth-order valence-electron chi connectivity index (χ4n) is 1.63. The van der Waals surface area contributed by atoms with E-state index in [2.05, 4.69) is 9.47 Å². The Bertz CT molecular complexity index is 660. The average molecular weight is 383 g/mol.